The van der Waals surface area contributed by atoms with Crippen molar-refractivity contribution in [1.29, 1.82) is 0 Å². The predicted octanol–water partition coefficient (Wildman–Crippen LogP) is 1.33. The second kappa shape index (κ2) is 4.97. The van der Waals surface area contributed by atoms with Gasteiger partial charge < -0.3 is 10.0 Å². The largest absolute Gasteiger partial charge is 0.386 e. The first-order valence-electron chi connectivity index (χ1n) is 7.40. The van der Waals surface area contributed by atoms with Gasteiger partial charge in [-0.2, -0.15) is 0 Å². The van der Waals surface area contributed by atoms with Gasteiger partial charge in [0.25, 0.3) is 0 Å². The van der Waals surface area contributed by atoms with Crippen LogP contribution < -0.4 is 9.62 Å². The molecule has 3 rings (SSSR count). The Morgan fingerprint density at radius 3 is 2.48 bits per heavy atom. The van der Waals surface area contributed by atoms with Crippen LogP contribution >= 0.6 is 0 Å². The van der Waals surface area contributed by atoms with Crippen LogP contribution in [0.5, 0.6) is 0 Å². The lowest BCUT2D eigenvalue weighted by Gasteiger charge is -2.48. The Morgan fingerprint density at radius 2 is 1.90 bits per heavy atom. The summed E-state index contributed by atoms with van der Waals surface area (Å²) >= 11 is 0. The van der Waals surface area contributed by atoms with Crippen LogP contribution in [0, 0.1) is 5.92 Å². The zero-order valence-electron chi connectivity index (χ0n) is 12.4. The molecule has 2 N–H and O–H groups in total. The van der Waals surface area contributed by atoms with Gasteiger partial charge in [0, 0.05) is 19.1 Å². The van der Waals surface area contributed by atoms with Crippen LogP contribution in [0.3, 0.4) is 0 Å². The lowest BCUT2D eigenvalue weighted by atomic mass is 9.88. The van der Waals surface area contributed by atoms with Gasteiger partial charge in [0.05, 0.1) is 5.69 Å². The number of anilines is 1. The van der Waals surface area contributed by atoms with Crippen LogP contribution in [0.15, 0.2) is 29.2 Å². The molecule has 1 saturated carbocycles. The maximum Gasteiger partial charge on any atom is 0.242 e. The molecule has 0 atom stereocenters. The molecule has 0 unspecified atom stereocenters. The summed E-state index contributed by atoms with van der Waals surface area (Å²) in [6.45, 7) is 4.64. The van der Waals surface area contributed by atoms with Gasteiger partial charge in [0.1, 0.15) is 10.5 Å². The number of nitrogens with zero attached hydrogens (tertiary/aromatic N) is 1. The van der Waals surface area contributed by atoms with Crippen LogP contribution in [0.2, 0.25) is 0 Å². The quantitative estimate of drug-likeness (QED) is 0.861. The van der Waals surface area contributed by atoms with Gasteiger partial charge >= 0.3 is 0 Å². The molecule has 2 fully saturated rings. The summed E-state index contributed by atoms with van der Waals surface area (Å²) in [5, 5.41) is 10.4. The summed E-state index contributed by atoms with van der Waals surface area (Å²) < 4.78 is 27.4. The maximum absolute atomic E-state index is 12.4. The fourth-order valence-corrected chi connectivity index (χ4v) is 4.46. The van der Waals surface area contributed by atoms with E-state index in [4.69, 9.17) is 0 Å². The smallest absolute Gasteiger partial charge is 0.242 e. The number of hydrogen-bond acceptors (Lipinski definition) is 4. The van der Waals surface area contributed by atoms with E-state index in [0.29, 0.717) is 24.7 Å². The zero-order valence-corrected chi connectivity index (χ0v) is 13.2. The lowest BCUT2D eigenvalue weighted by Crippen LogP contribution is -2.63. The van der Waals surface area contributed by atoms with Gasteiger partial charge in [-0.25, -0.2) is 13.1 Å². The van der Waals surface area contributed by atoms with Crippen molar-refractivity contribution >= 4 is 15.7 Å². The topological polar surface area (TPSA) is 69.6 Å². The third kappa shape index (κ3) is 2.80. The average Bonchev–Trinajstić information content (AvgIpc) is 3.18. The van der Waals surface area contributed by atoms with Crippen molar-refractivity contribution in [3.63, 3.8) is 0 Å². The highest BCUT2D eigenvalue weighted by atomic mass is 32.2. The molecule has 0 spiro atoms. The molecule has 1 aliphatic carbocycles. The number of sulfonamides is 1. The first-order chi connectivity index (χ1) is 9.82. The Bertz CT molecular complexity index is 632. The van der Waals surface area contributed by atoms with E-state index in [-0.39, 0.29) is 10.9 Å². The number of para-hydroxylation sites is 1. The Labute approximate surface area is 126 Å². The normalized spacial score (nSPS) is 21.4. The SMILES string of the molecule is CC(C)NS(=O)(=O)c1ccccc1N1CC(O)(C2CC2)C1. The molecule has 1 aromatic carbocycles. The highest BCUT2D eigenvalue weighted by Gasteiger charge is 2.52. The van der Waals surface area contributed by atoms with E-state index >= 15 is 0 Å². The molecule has 0 radical (unpaired) electrons. The van der Waals surface area contributed by atoms with Gasteiger partial charge in [-0.15, -0.1) is 0 Å². The fourth-order valence-electron chi connectivity index (χ4n) is 2.98. The first kappa shape index (κ1) is 14.8. The maximum atomic E-state index is 12.4. The highest BCUT2D eigenvalue weighted by Crippen LogP contribution is 2.46. The van der Waals surface area contributed by atoms with Gasteiger partial charge in [0.2, 0.25) is 10.0 Å². The number of benzene rings is 1. The summed E-state index contributed by atoms with van der Waals surface area (Å²) in [5.74, 6) is 0.395. The van der Waals surface area contributed by atoms with Crippen molar-refractivity contribution in [2.45, 2.75) is 43.2 Å². The molecule has 1 heterocycles. The fraction of sp³-hybridized carbons (Fsp3) is 0.600. The summed E-state index contributed by atoms with van der Waals surface area (Å²) in [6.07, 6.45) is 2.17. The number of rotatable bonds is 5. The Balaban J connectivity index is 1.84. The standard InChI is InChI=1S/C15H22N2O3S/c1-11(2)16-21(19,20)14-6-4-3-5-13(14)17-9-15(18,10-17)12-7-8-12/h3-6,11-12,16,18H,7-10H2,1-2H3. The molecule has 5 nitrogen and oxygen atoms in total. The monoisotopic (exact) mass is 310 g/mol. The molecule has 2 aliphatic rings. The van der Waals surface area contributed by atoms with Crippen LogP contribution in [0.25, 0.3) is 0 Å². The molecule has 0 bridgehead atoms. The minimum atomic E-state index is -3.53. The first-order valence-corrected chi connectivity index (χ1v) is 8.89. The molecule has 6 heteroatoms. The predicted molar refractivity (Wildman–Crippen MR) is 81.8 cm³/mol. The van der Waals surface area contributed by atoms with E-state index in [0.717, 1.165) is 12.8 Å². The number of aliphatic hydroxyl groups is 1. The van der Waals surface area contributed by atoms with Crippen molar-refractivity contribution in [1.82, 2.24) is 4.72 Å². The van der Waals surface area contributed by atoms with Gasteiger partial charge in [0.15, 0.2) is 0 Å². The highest BCUT2D eigenvalue weighted by molar-refractivity contribution is 7.89. The van der Waals surface area contributed by atoms with Crippen molar-refractivity contribution in [2.24, 2.45) is 5.92 Å². The minimum absolute atomic E-state index is 0.150. The molecule has 116 valence electrons. The second-order valence-corrected chi connectivity index (χ2v) is 8.16. The van der Waals surface area contributed by atoms with Gasteiger partial charge in [-0.05, 0) is 44.7 Å². The molecule has 1 aliphatic heterocycles. The summed E-state index contributed by atoms with van der Waals surface area (Å²) in [4.78, 5) is 2.24. The molecular weight excluding hydrogens is 288 g/mol. The van der Waals surface area contributed by atoms with Crippen LogP contribution in [-0.2, 0) is 10.0 Å². The van der Waals surface area contributed by atoms with E-state index < -0.39 is 15.6 Å². The molecule has 1 saturated heterocycles. The van der Waals surface area contributed by atoms with Crippen molar-refractivity contribution in [3.05, 3.63) is 24.3 Å². The van der Waals surface area contributed by atoms with E-state index in [1.165, 1.54) is 0 Å². The van der Waals surface area contributed by atoms with E-state index in [1.807, 2.05) is 11.0 Å². The third-order valence-corrected chi connectivity index (χ3v) is 5.86. The molecule has 0 aromatic heterocycles. The van der Waals surface area contributed by atoms with Crippen LogP contribution in [0.1, 0.15) is 26.7 Å². The van der Waals surface area contributed by atoms with E-state index in [1.54, 1.807) is 32.0 Å². The molecule has 1 aromatic rings. The van der Waals surface area contributed by atoms with Gasteiger partial charge in [-0.3, -0.25) is 0 Å². The number of hydrogen-bond donors (Lipinski definition) is 2. The van der Waals surface area contributed by atoms with Crippen molar-refractivity contribution in [2.75, 3.05) is 18.0 Å². The minimum Gasteiger partial charge on any atom is -0.386 e. The Hall–Kier alpha value is -1.11. The average molecular weight is 310 g/mol. The molecule has 21 heavy (non-hydrogen) atoms. The summed E-state index contributed by atoms with van der Waals surface area (Å²) in [6, 6.07) is 6.84. The Kier molecular flexibility index (Phi) is 3.50. The molecular formula is C15H22N2O3S. The Morgan fingerprint density at radius 1 is 1.29 bits per heavy atom. The summed E-state index contributed by atoms with van der Waals surface area (Å²) in [5.41, 5.74) is 0.0542. The zero-order chi connectivity index (χ0) is 15.3. The second-order valence-electron chi connectivity index (χ2n) is 6.48. The van der Waals surface area contributed by atoms with Crippen LogP contribution in [-0.4, -0.2) is 38.3 Å². The number of β-amino-alcohol motifs (C(OH)–C–C–N with tert-alkyl or cyclic N) is 1. The van der Waals surface area contributed by atoms with Crippen LogP contribution in [0.4, 0.5) is 5.69 Å². The lowest BCUT2D eigenvalue weighted by molar-refractivity contribution is -0.00958. The number of nitrogens with one attached hydrogen (secondary N) is 1. The van der Waals surface area contributed by atoms with E-state index in [2.05, 4.69) is 4.72 Å². The van der Waals surface area contributed by atoms with Crippen molar-refractivity contribution in [3.8, 4) is 0 Å². The van der Waals surface area contributed by atoms with Gasteiger partial charge in [-0.1, -0.05) is 12.1 Å². The molecule has 0 amide bonds. The summed E-state index contributed by atoms with van der Waals surface area (Å²) in [7, 11) is -3.53. The van der Waals surface area contributed by atoms with Crippen molar-refractivity contribution < 1.29 is 13.5 Å². The third-order valence-electron chi connectivity index (χ3n) is 4.15. The van der Waals surface area contributed by atoms with E-state index in [9.17, 15) is 13.5 Å².